The summed E-state index contributed by atoms with van der Waals surface area (Å²) in [7, 11) is 1.48. The number of halogens is 1. The van der Waals surface area contributed by atoms with Crippen LogP contribution in [0.4, 0.5) is 0 Å². The summed E-state index contributed by atoms with van der Waals surface area (Å²) in [6, 6.07) is 10.4. The molecule has 3 atom stereocenters. The number of ether oxygens (including phenoxy) is 2. The van der Waals surface area contributed by atoms with Crippen LogP contribution in [0.2, 0.25) is 0 Å². The number of amides is 2. The zero-order valence-corrected chi connectivity index (χ0v) is 25.3. The Labute approximate surface area is 248 Å². The predicted molar refractivity (Wildman–Crippen MR) is 160 cm³/mol. The molecule has 10 heteroatoms. The molecule has 2 aromatic carbocycles. The van der Waals surface area contributed by atoms with E-state index in [0.29, 0.717) is 26.2 Å². The topological polar surface area (TPSA) is 129 Å². The maximum absolute atomic E-state index is 13.5. The summed E-state index contributed by atoms with van der Waals surface area (Å²) in [6.07, 6.45) is 0.965. The van der Waals surface area contributed by atoms with Gasteiger partial charge in [0.2, 0.25) is 11.8 Å². The molecule has 3 unspecified atom stereocenters. The van der Waals surface area contributed by atoms with Crippen molar-refractivity contribution in [2.45, 2.75) is 58.6 Å². The van der Waals surface area contributed by atoms with E-state index in [-0.39, 0.29) is 38.6 Å². The minimum absolute atomic E-state index is 0.0625. The van der Waals surface area contributed by atoms with Gasteiger partial charge in [-0.15, -0.1) is 0 Å². The number of benzene rings is 2. The first kappa shape index (κ1) is 31.6. The minimum Gasteiger partial charge on any atom is -0.493 e. The molecule has 0 spiro atoms. The number of carbonyl (C=O) groups excluding carboxylic acids is 2. The summed E-state index contributed by atoms with van der Waals surface area (Å²) in [5.74, 6) is 0.000742. The highest BCUT2D eigenvalue weighted by molar-refractivity contribution is 14.1. The largest absolute Gasteiger partial charge is 0.493 e. The smallest absolute Gasteiger partial charge is 0.247 e. The summed E-state index contributed by atoms with van der Waals surface area (Å²) in [5.41, 5.74) is 3.72. The first-order chi connectivity index (χ1) is 19.1. The van der Waals surface area contributed by atoms with Crippen molar-refractivity contribution in [3.8, 4) is 11.5 Å². The molecule has 0 aromatic heterocycles. The average Bonchev–Trinajstić information content (AvgIpc) is 2.92. The fourth-order valence-electron chi connectivity index (χ4n) is 4.47. The average molecular weight is 665 g/mol. The number of rotatable bonds is 11. The molecule has 9 nitrogen and oxygen atoms in total. The number of allylic oxidation sites excluding steroid dienone is 1. The van der Waals surface area contributed by atoms with Crippen LogP contribution in [0.1, 0.15) is 37.0 Å². The number of aliphatic hydroxyl groups is 3. The highest BCUT2D eigenvalue weighted by Crippen LogP contribution is 2.37. The summed E-state index contributed by atoms with van der Waals surface area (Å²) in [6.45, 7) is 5.49. The summed E-state index contributed by atoms with van der Waals surface area (Å²) < 4.78 is 12.4. The van der Waals surface area contributed by atoms with Crippen LogP contribution in [0.3, 0.4) is 0 Å². The third-order valence-corrected chi connectivity index (χ3v) is 7.31. The number of nitrogens with zero attached hydrogens (tertiary/aromatic N) is 1. The van der Waals surface area contributed by atoms with Gasteiger partial charge in [-0.1, -0.05) is 35.4 Å². The van der Waals surface area contributed by atoms with Crippen molar-refractivity contribution >= 4 is 34.4 Å². The number of aryl methyl sites for hydroxylation is 1. The van der Waals surface area contributed by atoms with Gasteiger partial charge in [0.25, 0.3) is 0 Å². The predicted octanol–water partition coefficient (Wildman–Crippen LogP) is 3.01. The van der Waals surface area contributed by atoms with Crippen molar-refractivity contribution in [2.24, 2.45) is 0 Å². The Morgan fingerprint density at radius 2 is 1.85 bits per heavy atom. The molecule has 0 saturated heterocycles. The number of methoxy groups -OCH3 is 1. The molecule has 0 saturated carbocycles. The molecule has 0 fully saturated rings. The lowest BCUT2D eigenvalue weighted by Gasteiger charge is -2.40. The first-order valence-electron chi connectivity index (χ1n) is 13.0. The number of aliphatic hydroxyl groups excluding tert-OH is 3. The molecule has 0 radical (unpaired) electrons. The molecule has 0 aliphatic heterocycles. The Kier molecular flexibility index (Phi) is 11.6. The van der Waals surface area contributed by atoms with E-state index in [1.54, 1.807) is 23.1 Å². The van der Waals surface area contributed by atoms with Gasteiger partial charge < -0.3 is 35.0 Å². The van der Waals surface area contributed by atoms with Gasteiger partial charge in [-0.25, -0.2) is 0 Å². The standard InChI is InChI=1S/C30H37IN2O7/c1-18(2)11-27(36)33(16-20-7-5-19(3)6-8-20)24-14-22(30(38)32-9-10-34)15-25(28(24)37)40-29-23(31)12-21(17-35)13-26(29)39-4/h5-8,11-13,15,24-25,28,34-35,37H,9-10,14,16-17H2,1-4H3,(H,32,38). The van der Waals surface area contributed by atoms with Crippen molar-refractivity contribution in [3.05, 3.63) is 80.0 Å². The van der Waals surface area contributed by atoms with Crippen molar-refractivity contribution in [3.63, 3.8) is 0 Å². The first-order valence-corrected chi connectivity index (χ1v) is 14.1. The molecule has 0 heterocycles. The fraction of sp³-hybridized carbons (Fsp3) is 0.400. The lowest BCUT2D eigenvalue weighted by Crippen LogP contribution is -2.54. The van der Waals surface area contributed by atoms with Gasteiger partial charge in [-0.3, -0.25) is 9.59 Å². The lowest BCUT2D eigenvalue weighted by atomic mass is 9.87. The van der Waals surface area contributed by atoms with Crippen LogP contribution in [-0.2, 0) is 22.7 Å². The summed E-state index contributed by atoms with van der Waals surface area (Å²) in [5, 5.41) is 33.1. The van der Waals surface area contributed by atoms with Crippen LogP contribution in [-0.4, -0.2) is 70.5 Å². The lowest BCUT2D eigenvalue weighted by molar-refractivity contribution is -0.134. The van der Waals surface area contributed by atoms with E-state index in [1.165, 1.54) is 13.2 Å². The second-order valence-electron chi connectivity index (χ2n) is 9.96. The van der Waals surface area contributed by atoms with E-state index in [0.717, 1.165) is 16.7 Å². The zero-order chi connectivity index (χ0) is 29.4. The molecular weight excluding hydrogens is 627 g/mol. The Bertz CT molecular complexity index is 1260. The van der Waals surface area contributed by atoms with Crippen LogP contribution in [0.5, 0.6) is 11.5 Å². The summed E-state index contributed by atoms with van der Waals surface area (Å²) in [4.78, 5) is 28.1. The molecule has 3 rings (SSSR count). The second-order valence-corrected chi connectivity index (χ2v) is 11.1. The van der Waals surface area contributed by atoms with E-state index in [1.807, 2.05) is 45.0 Å². The van der Waals surface area contributed by atoms with Gasteiger partial charge in [0.15, 0.2) is 11.5 Å². The molecule has 1 aliphatic rings. The van der Waals surface area contributed by atoms with Crippen LogP contribution >= 0.6 is 22.6 Å². The molecule has 0 bridgehead atoms. The Hall–Kier alpha value is -2.93. The number of carbonyl (C=O) groups is 2. The molecule has 40 heavy (non-hydrogen) atoms. The van der Waals surface area contributed by atoms with Gasteiger partial charge in [0.05, 0.1) is 29.9 Å². The third kappa shape index (κ3) is 8.06. The molecule has 2 aromatic rings. The van der Waals surface area contributed by atoms with Gasteiger partial charge in [0, 0.05) is 31.2 Å². The van der Waals surface area contributed by atoms with Gasteiger partial charge in [0.1, 0.15) is 12.2 Å². The van der Waals surface area contributed by atoms with Gasteiger partial charge >= 0.3 is 0 Å². The van der Waals surface area contributed by atoms with Crippen molar-refractivity contribution < 1.29 is 34.4 Å². The second kappa shape index (κ2) is 14.6. The van der Waals surface area contributed by atoms with Crippen LogP contribution in [0, 0.1) is 10.5 Å². The third-order valence-electron chi connectivity index (χ3n) is 6.51. The highest BCUT2D eigenvalue weighted by Gasteiger charge is 2.40. The quantitative estimate of drug-likeness (QED) is 0.215. The number of nitrogens with one attached hydrogen (secondary N) is 1. The zero-order valence-electron chi connectivity index (χ0n) is 23.2. The molecule has 1 aliphatic carbocycles. The van der Waals surface area contributed by atoms with E-state index in [9.17, 15) is 24.9 Å². The molecule has 2 amide bonds. The normalized spacial score (nSPS) is 18.4. The molecule has 4 N–H and O–H groups in total. The SMILES string of the molecule is COc1cc(CO)cc(I)c1OC1C=C(C(=O)NCCO)CC(N(Cc2ccc(C)cc2)C(=O)C=C(C)C)C1O. The van der Waals surface area contributed by atoms with Crippen LogP contribution < -0.4 is 14.8 Å². The minimum atomic E-state index is -1.19. The molecular formula is C30H37IN2O7. The Morgan fingerprint density at radius 1 is 1.15 bits per heavy atom. The summed E-state index contributed by atoms with van der Waals surface area (Å²) >= 11 is 2.06. The van der Waals surface area contributed by atoms with Crippen molar-refractivity contribution in [1.29, 1.82) is 0 Å². The van der Waals surface area contributed by atoms with E-state index in [4.69, 9.17) is 9.47 Å². The maximum Gasteiger partial charge on any atom is 0.247 e. The van der Waals surface area contributed by atoms with Crippen LogP contribution in [0.25, 0.3) is 0 Å². The monoisotopic (exact) mass is 664 g/mol. The van der Waals surface area contributed by atoms with Crippen molar-refractivity contribution in [2.75, 3.05) is 20.3 Å². The van der Waals surface area contributed by atoms with Crippen molar-refractivity contribution in [1.82, 2.24) is 10.2 Å². The van der Waals surface area contributed by atoms with Crippen LogP contribution in [0.15, 0.2) is 59.7 Å². The Balaban J connectivity index is 2.06. The van der Waals surface area contributed by atoms with E-state index >= 15 is 0 Å². The van der Waals surface area contributed by atoms with E-state index in [2.05, 4.69) is 27.9 Å². The Morgan fingerprint density at radius 3 is 2.45 bits per heavy atom. The van der Waals surface area contributed by atoms with E-state index < -0.39 is 24.2 Å². The highest BCUT2D eigenvalue weighted by atomic mass is 127. The molecule has 216 valence electrons. The van der Waals surface area contributed by atoms with Gasteiger partial charge in [-0.05, 0) is 72.7 Å². The number of hydrogen-bond acceptors (Lipinski definition) is 7. The van der Waals surface area contributed by atoms with Gasteiger partial charge in [-0.2, -0.15) is 0 Å². The number of hydrogen-bond donors (Lipinski definition) is 4. The maximum atomic E-state index is 13.5. The fourth-order valence-corrected chi connectivity index (χ4v) is 5.27.